The lowest BCUT2D eigenvalue weighted by atomic mass is 9.90. The van der Waals surface area contributed by atoms with Gasteiger partial charge in [-0.05, 0) is 218 Å². The van der Waals surface area contributed by atoms with Gasteiger partial charge in [0.2, 0.25) is 0 Å². The summed E-state index contributed by atoms with van der Waals surface area (Å²) in [5.41, 5.74) is 15.3. The van der Waals surface area contributed by atoms with Crippen LogP contribution in [0.5, 0.6) is 0 Å². The second-order valence-electron chi connectivity index (χ2n) is 27.1. The zero-order valence-electron chi connectivity index (χ0n) is 53.7. The van der Waals surface area contributed by atoms with Crippen molar-refractivity contribution in [3.05, 3.63) is 178 Å². The first-order chi connectivity index (χ1) is 35.3. The molecule has 0 saturated heterocycles. The van der Waals surface area contributed by atoms with E-state index < -0.39 is 0 Å². The highest BCUT2D eigenvalue weighted by molar-refractivity contribution is 5.62. The minimum absolute atomic E-state index is 0. The van der Waals surface area contributed by atoms with Crippen molar-refractivity contribution in [1.29, 1.82) is 0 Å². The quantitative estimate of drug-likeness (QED) is 0.0941. The molecule has 0 spiro atoms. The van der Waals surface area contributed by atoms with Crippen LogP contribution < -0.4 is 26.6 Å². The number of rotatable bonds is 10. The lowest BCUT2D eigenvalue weighted by Gasteiger charge is -2.35. The average Bonchev–Trinajstić information content (AvgIpc) is 3.92. The first kappa shape index (κ1) is 71.0. The van der Waals surface area contributed by atoms with Crippen LogP contribution in [0.4, 0.5) is 5.69 Å². The van der Waals surface area contributed by atoms with Crippen molar-refractivity contribution >= 4 is 5.69 Å². The first-order valence-corrected chi connectivity index (χ1v) is 28.6. The summed E-state index contributed by atoms with van der Waals surface area (Å²) in [5.74, 6) is 0. The third-order valence-electron chi connectivity index (χ3n) is 12.3. The van der Waals surface area contributed by atoms with Gasteiger partial charge in [0.15, 0.2) is 0 Å². The fourth-order valence-corrected chi connectivity index (χ4v) is 9.19. The summed E-state index contributed by atoms with van der Waals surface area (Å²) in [4.78, 5) is 0. The monoisotopic (exact) mass is 1070 g/mol. The van der Waals surface area contributed by atoms with Crippen molar-refractivity contribution in [3.63, 3.8) is 0 Å². The third-order valence-corrected chi connectivity index (χ3v) is 12.3. The summed E-state index contributed by atoms with van der Waals surface area (Å²) in [6, 6.07) is 44.3. The first-order valence-electron chi connectivity index (χ1n) is 28.6. The van der Waals surface area contributed by atoms with E-state index in [1.54, 1.807) is 0 Å². The summed E-state index contributed by atoms with van der Waals surface area (Å²) >= 11 is 0. The molecule has 0 radical (unpaired) electrons. The van der Waals surface area contributed by atoms with Gasteiger partial charge in [0.1, 0.15) is 0 Å². The maximum Gasteiger partial charge on any atom is 0.0568 e. The summed E-state index contributed by atoms with van der Waals surface area (Å²) in [6.45, 7) is 54.3. The van der Waals surface area contributed by atoms with Gasteiger partial charge in [0.25, 0.3) is 0 Å². The molecule has 1 heterocycles. The Bertz CT molecular complexity index is 2500. The van der Waals surface area contributed by atoms with Gasteiger partial charge in [-0.1, -0.05) is 147 Å². The Kier molecular flexibility index (Phi) is 27.8. The van der Waals surface area contributed by atoms with Crippen LogP contribution in [0.15, 0.2) is 134 Å². The van der Waals surface area contributed by atoms with Gasteiger partial charge < -0.3 is 26.6 Å². The van der Waals surface area contributed by atoms with Gasteiger partial charge in [-0.15, -0.1) is 0 Å². The Balaban J connectivity index is 0.000000485. The van der Waals surface area contributed by atoms with E-state index in [2.05, 4.69) is 312 Å². The lowest BCUT2D eigenvalue weighted by Crippen LogP contribution is -2.48. The van der Waals surface area contributed by atoms with Crippen LogP contribution in [0, 0.1) is 27.7 Å². The highest BCUT2D eigenvalue weighted by atomic mass is 15.2. The average molecular weight is 1070 g/mol. The zero-order valence-corrected chi connectivity index (χ0v) is 53.7. The molecule has 0 amide bonds. The molecule has 1 aliphatic rings. The molecule has 1 aromatic heterocycles. The molecular weight excluding hydrogens is 951 g/mol. The van der Waals surface area contributed by atoms with E-state index in [1.165, 1.54) is 68.6 Å². The molecule has 434 valence electrons. The van der Waals surface area contributed by atoms with E-state index in [0.717, 1.165) is 5.56 Å². The van der Waals surface area contributed by atoms with E-state index in [1.807, 2.05) is 38.0 Å². The molecule has 1 aliphatic carbocycles. The molecule has 5 aromatic carbocycles. The van der Waals surface area contributed by atoms with Crippen molar-refractivity contribution < 1.29 is 0 Å². The molecule has 6 aromatic rings. The third kappa shape index (κ3) is 28.7. The van der Waals surface area contributed by atoms with Gasteiger partial charge in [0.05, 0.1) is 6.20 Å². The minimum Gasteiger partial charge on any atom is -0.380 e. The van der Waals surface area contributed by atoms with Crippen LogP contribution in [0.3, 0.4) is 0 Å². The topological polar surface area (TPSA) is 78.0 Å². The molecule has 0 aliphatic heterocycles. The number of hydrogen-bond acceptors (Lipinski definition) is 6. The van der Waals surface area contributed by atoms with Gasteiger partial charge in [-0.25, -0.2) is 0 Å². The Labute approximate surface area is 480 Å². The SMILES string of the molecule is C.CC.CC(NC(C)(C)C)c1ccc(-c2cnn(C)c2)cc1.Cc1ccc(C(C)(C)NC(C)(C)C)cc1.Cc1ccc(C2(NC(C)(C)C)CC2)cc1.Cc1ccc([C@H](C)NC(C)(C)C)cc1.Cc1cccc(NC(C)(C)C)c1. The normalized spacial score (nSPS) is 13.8. The number of hydrogen-bond donors (Lipinski definition) is 5. The number of benzene rings is 5. The van der Waals surface area contributed by atoms with E-state index in [4.69, 9.17) is 0 Å². The van der Waals surface area contributed by atoms with Crippen molar-refractivity contribution in [2.45, 2.75) is 244 Å². The maximum atomic E-state index is 4.20. The molecule has 7 heteroatoms. The molecular formula is C71H115N7. The van der Waals surface area contributed by atoms with E-state index >= 15 is 0 Å². The van der Waals surface area contributed by atoms with Crippen molar-refractivity contribution in [1.82, 2.24) is 31.0 Å². The van der Waals surface area contributed by atoms with E-state index in [9.17, 15) is 0 Å². The van der Waals surface area contributed by atoms with Crippen LogP contribution in [0.1, 0.15) is 222 Å². The Morgan fingerprint density at radius 3 is 1.27 bits per heavy atom. The number of aryl methyl sites for hydroxylation is 5. The largest absolute Gasteiger partial charge is 0.380 e. The smallest absolute Gasteiger partial charge is 0.0568 e. The van der Waals surface area contributed by atoms with Crippen LogP contribution in [0.25, 0.3) is 11.1 Å². The number of nitrogens with zero attached hydrogens (tertiary/aromatic N) is 2. The molecule has 7 nitrogen and oxygen atoms in total. The van der Waals surface area contributed by atoms with Crippen LogP contribution in [-0.2, 0) is 18.1 Å². The highest BCUT2D eigenvalue weighted by Gasteiger charge is 2.46. The highest BCUT2D eigenvalue weighted by Crippen LogP contribution is 2.46. The Hall–Kier alpha value is -5.05. The van der Waals surface area contributed by atoms with E-state index in [-0.39, 0.29) is 46.2 Å². The maximum absolute atomic E-state index is 4.20. The van der Waals surface area contributed by atoms with Crippen LogP contribution in [-0.4, -0.2) is 37.5 Å². The van der Waals surface area contributed by atoms with Gasteiger partial charge in [0, 0.05) is 75.4 Å². The molecule has 0 bridgehead atoms. The standard InChI is InChI=1S/C16H23N3.C14H21N.C14H23N.C13H21N.C11H17N.C2H6.CH4/c1-12(18-16(2,3)4)13-6-8-14(9-7-13)15-10-17-19(5)11-15;1-11-5-7-12(8-6-11)14(9-10-14)15-13(2,3)4;1-11-7-9-12(10-8-11)14(5,6)15-13(2,3)4;1-10-6-8-12(9-7-10)11(2)14-13(3,4)5;1-9-6-5-7-10(8-9)12-11(2,3)4;1-2;/h6-12,18H,1-5H3;5-8,15H,9-10H2,1-4H3;7-10,15H,1-6H3;6-9,11,14H,1-5H3;5-8,12H,1-4H3;1-2H3;1H4/t;;;11-;;;/m...0.../s1. The molecule has 1 saturated carbocycles. The van der Waals surface area contributed by atoms with Gasteiger partial charge in [-0.3, -0.25) is 4.68 Å². The second-order valence-corrected chi connectivity index (χ2v) is 27.1. The number of nitrogens with one attached hydrogen (secondary N) is 5. The zero-order chi connectivity index (χ0) is 58.8. The molecule has 2 atom stereocenters. The summed E-state index contributed by atoms with van der Waals surface area (Å²) in [6.07, 6.45) is 6.47. The number of anilines is 1. The molecule has 1 unspecified atom stereocenters. The fraction of sp³-hybridized carbons (Fsp3) is 0.535. The number of aromatic nitrogens is 2. The fourth-order valence-electron chi connectivity index (χ4n) is 9.19. The lowest BCUT2D eigenvalue weighted by molar-refractivity contribution is 0.286. The van der Waals surface area contributed by atoms with Gasteiger partial charge >= 0.3 is 0 Å². The van der Waals surface area contributed by atoms with Crippen LogP contribution >= 0.6 is 0 Å². The predicted octanol–water partition coefficient (Wildman–Crippen LogP) is 18.8. The minimum atomic E-state index is 0. The Morgan fingerprint density at radius 1 is 0.487 bits per heavy atom. The Morgan fingerprint density at radius 2 is 0.910 bits per heavy atom. The van der Waals surface area contributed by atoms with Crippen molar-refractivity contribution in [2.75, 3.05) is 5.32 Å². The van der Waals surface area contributed by atoms with Crippen LogP contribution in [0.2, 0.25) is 0 Å². The second kappa shape index (κ2) is 30.5. The van der Waals surface area contributed by atoms with E-state index in [0.29, 0.717) is 12.1 Å². The van der Waals surface area contributed by atoms with Crippen molar-refractivity contribution in [3.8, 4) is 11.1 Å². The predicted molar refractivity (Wildman–Crippen MR) is 347 cm³/mol. The summed E-state index contributed by atoms with van der Waals surface area (Å²) in [7, 11) is 1.94. The summed E-state index contributed by atoms with van der Waals surface area (Å²) < 4.78 is 1.83. The molecule has 7 rings (SSSR count). The van der Waals surface area contributed by atoms with Crippen molar-refractivity contribution in [2.24, 2.45) is 7.05 Å². The molecule has 5 N–H and O–H groups in total. The molecule has 78 heavy (non-hydrogen) atoms. The summed E-state index contributed by atoms with van der Waals surface area (Å²) in [5, 5.41) is 22.1. The molecule has 1 fully saturated rings. The van der Waals surface area contributed by atoms with Gasteiger partial charge in [-0.2, -0.15) is 5.10 Å².